The van der Waals surface area contributed by atoms with Crippen LogP contribution in [0, 0.1) is 6.92 Å². The molecule has 2 amide bonds. The Balaban J connectivity index is 1.65. The first-order valence-corrected chi connectivity index (χ1v) is 12.4. The Hall–Kier alpha value is -2.67. The SMILES string of the molecule is CCC(Sc1cccc(NC(=O)Cc2ccc(Cl)cc2)c1)C(=O)Nc1cc(C)c(Cl)cc1OC. The van der Waals surface area contributed by atoms with Crippen molar-refractivity contribution in [2.24, 2.45) is 0 Å². The van der Waals surface area contributed by atoms with Crippen LogP contribution >= 0.6 is 35.0 Å². The van der Waals surface area contributed by atoms with Gasteiger partial charge in [-0.2, -0.15) is 0 Å². The van der Waals surface area contributed by atoms with E-state index in [-0.39, 0.29) is 23.5 Å². The summed E-state index contributed by atoms with van der Waals surface area (Å²) in [5.41, 5.74) is 2.98. The molecule has 3 aromatic carbocycles. The highest BCUT2D eigenvalue weighted by atomic mass is 35.5. The van der Waals surface area contributed by atoms with Crippen LogP contribution in [0.3, 0.4) is 0 Å². The maximum Gasteiger partial charge on any atom is 0.237 e. The van der Waals surface area contributed by atoms with Crippen molar-refractivity contribution in [1.82, 2.24) is 0 Å². The maximum atomic E-state index is 13.0. The van der Waals surface area contributed by atoms with Crippen molar-refractivity contribution < 1.29 is 14.3 Å². The summed E-state index contributed by atoms with van der Waals surface area (Å²) < 4.78 is 5.36. The number of nitrogens with one attached hydrogen (secondary N) is 2. The zero-order chi connectivity index (χ0) is 24.7. The number of carbonyl (C=O) groups excluding carboxylic acids is 2. The average Bonchev–Trinajstić information content (AvgIpc) is 2.81. The molecule has 0 saturated carbocycles. The molecule has 0 radical (unpaired) electrons. The number of rotatable bonds is 9. The molecule has 2 N–H and O–H groups in total. The molecule has 0 aliphatic carbocycles. The number of anilines is 2. The lowest BCUT2D eigenvalue weighted by Crippen LogP contribution is -2.25. The lowest BCUT2D eigenvalue weighted by atomic mass is 10.1. The number of thioether (sulfide) groups is 1. The molecule has 0 aliphatic heterocycles. The second-order valence-corrected chi connectivity index (χ2v) is 9.80. The van der Waals surface area contributed by atoms with Crippen LogP contribution in [0.4, 0.5) is 11.4 Å². The quantitative estimate of drug-likeness (QED) is 0.300. The van der Waals surface area contributed by atoms with Gasteiger partial charge in [0.15, 0.2) is 0 Å². The monoisotopic (exact) mass is 516 g/mol. The molecule has 0 fully saturated rings. The Labute approximate surface area is 214 Å². The number of hydrogen-bond acceptors (Lipinski definition) is 4. The van der Waals surface area contributed by atoms with Gasteiger partial charge in [0.25, 0.3) is 0 Å². The zero-order valence-corrected chi connectivity index (χ0v) is 21.5. The van der Waals surface area contributed by atoms with Crippen LogP contribution in [-0.2, 0) is 16.0 Å². The predicted molar refractivity (Wildman–Crippen MR) is 142 cm³/mol. The highest BCUT2D eigenvalue weighted by Crippen LogP contribution is 2.33. The van der Waals surface area contributed by atoms with Crippen molar-refractivity contribution in [3.8, 4) is 5.75 Å². The number of benzene rings is 3. The molecule has 1 unspecified atom stereocenters. The summed E-state index contributed by atoms with van der Waals surface area (Å²) in [6.07, 6.45) is 0.870. The Morgan fingerprint density at radius 2 is 1.76 bits per heavy atom. The van der Waals surface area contributed by atoms with E-state index in [9.17, 15) is 9.59 Å². The van der Waals surface area contributed by atoms with E-state index in [1.807, 2.05) is 50.2 Å². The number of carbonyl (C=O) groups is 2. The van der Waals surface area contributed by atoms with Crippen LogP contribution in [0.25, 0.3) is 0 Å². The van der Waals surface area contributed by atoms with Crippen LogP contribution in [0.1, 0.15) is 24.5 Å². The molecule has 34 heavy (non-hydrogen) atoms. The Morgan fingerprint density at radius 3 is 2.44 bits per heavy atom. The molecule has 0 aliphatic rings. The largest absolute Gasteiger partial charge is 0.495 e. The minimum atomic E-state index is -0.333. The van der Waals surface area contributed by atoms with Gasteiger partial charge >= 0.3 is 0 Å². The van der Waals surface area contributed by atoms with Crippen molar-refractivity contribution in [2.45, 2.75) is 36.8 Å². The van der Waals surface area contributed by atoms with Crippen LogP contribution in [-0.4, -0.2) is 24.2 Å². The van der Waals surface area contributed by atoms with E-state index in [0.29, 0.717) is 33.6 Å². The molecular formula is C26H26Cl2N2O3S. The molecule has 3 rings (SSSR count). The van der Waals surface area contributed by atoms with Crippen LogP contribution < -0.4 is 15.4 Å². The molecule has 8 heteroatoms. The molecular weight excluding hydrogens is 491 g/mol. The number of methoxy groups -OCH3 is 1. The van der Waals surface area contributed by atoms with Gasteiger partial charge in [-0.1, -0.05) is 48.3 Å². The van der Waals surface area contributed by atoms with Gasteiger partial charge in [-0.3, -0.25) is 9.59 Å². The van der Waals surface area contributed by atoms with Gasteiger partial charge in [0.1, 0.15) is 5.75 Å². The summed E-state index contributed by atoms with van der Waals surface area (Å²) in [6, 6.07) is 18.1. The third-order valence-electron chi connectivity index (χ3n) is 5.08. The summed E-state index contributed by atoms with van der Waals surface area (Å²) >= 11 is 13.5. The molecule has 0 heterocycles. The van der Waals surface area contributed by atoms with Gasteiger partial charge in [-0.15, -0.1) is 11.8 Å². The summed E-state index contributed by atoms with van der Waals surface area (Å²) in [5, 5.41) is 6.75. The summed E-state index contributed by atoms with van der Waals surface area (Å²) in [4.78, 5) is 26.3. The van der Waals surface area contributed by atoms with E-state index in [2.05, 4.69) is 10.6 Å². The van der Waals surface area contributed by atoms with E-state index in [1.54, 1.807) is 24.3 Å². The van der Waals surface area contributed by atoms with Crippen LogP contribution in [0.5, 0.6) is 5.75 Å². The molecule has 0 spiro atoms. The fourth-order valence-corrected chi connectivity index (χ4v) is 4.56. The van der Waals surface area contributed by atoms with E-state index in [1.165, 1.54) is 18.9 Å². The van der Waals surface area contributed by atoms with E-state index in [4.69, 9.17) is 27.9 Å². The Bertz CT molecular complexity index is 1170. The highest BCUT2D eigenvalue weighted by Gasteiger charge is 2.20. The van der Waals surface area contributed by atoms with E-state index in [0.717, 1.165) is 16.0 Å². The first-order valence-electron chi connectivity index (χ1n) is 10.7. The Kier molecular flexibility index (Phi) is 9.28. The molecule has 0 saturated heterocycles. The van der Waals surface area contributed by atoms with Gasteiger partial charge < -0.3 is 15.4 Å². The zero-order valence-electron chi connectivity index (χ0n) is 19.2. The van der Waals surface area contributed by atoms with Gasteiger partial charge in [-0.25, -0.2) is 0 Å². The van der Waals surface area contributed by atoms with E-state index >= 15 is 0 Å². The topological polar surface area (TPSA) is 67.4 Å². The normalized spacial score (nSPS) is 11.6. The molecule has 0 bridgehead atoms. The van der Waals surface area contributed by atoms with Gasteiger partial charge in [-0.05, 0) is 60.9 Å². The molecule has 3 aromatic rings. The number of aryl methyl sites for hydroxylation is 1. The fraction of sp³-hybridized carbons (Fsp3) is 0.231. The first kappa shape index (κ1) is 25.9. The average molecular weight is 517 g/mol. The van der Waals surface area contributed by atoms with Gasteiger partial charge in [0.2, 0.25) is 11.8 Å². The number of hydrogen-bond donors (Lipinski definition) is 2. The van der Waals surface area contributed by atoms with Gasteiger partial charge in [0.05, 0.1) is 24.5 Å². The van der Waals surface area contributed by atoms with Gasteiger partial charge in [0, 0.05) is 26.7 Å². The number of ether oxygens (including phenoxy) is 1. The molecule has 178 valence electrons. The van der Waals surface area contributed by atoms with Crippen LogP contribution in [0.2, 0.25) is 10.0 Å². The predicted octanol–water partition coefficient (Wildman–Crippen LogP) is 7.00. The summed E-state index contributed by atoms with van der Waals surface area (Å²) in [6.45, 7) is 3.83. The molecule has 1 atom stereocenters. The highest BCUT2D eigenvalue weighted by molar-refractivity contribution is 8.00. The molecule has 5 nitrogen and oxygen atoms in total. The summed E-state index contributed by atoms with van der Waals surface area (Å²) in [5.74, 6) is 0.248. The number of halogens is 2. The van der Waals surface area contributed by atoms with Crippen LogP contribution in [0.15, 0.2) is 65.6 Å². The van der Waals surface area contributed by atoms with Crippen molar-refractivity contribution in [3.63, 3.8) is 0 Å². The molecule has 0 aromatic heterocycles. The smallest absolute Gasteiger partial charge is 0.237 e. The number of amides is 2. The minimum absolute atomic E-state index is 0.125. The third-order valence-corrected chi connectivity index (χ3v) is 7.09. The standard InChI is InChI=1S/C26H26Cl2N2O3S/c1-4-24(26(32)30-22-12-16(2)21(28)15-23(22)33-3)34-20-7-5-6-19(14-20)29-25(31)13-17-8-10-18(27)11-9-17/h5-12,14-15,24H,4,13H2,1-3H3,(H,29,31)(H,30,32). The second-order valence-electron chi connectivity index (χ2n) is 7.68. The van der Waals surface area contributed by atoms with Crippen molar-refractivity contribution in [3.05, 3.63) is 81.8 Å². The lowest BCUT2D eigenvalue weighted by molar-refractivity contribution is -0.116. The van der Waals surface area contributed by atoms with Crippen molar-refractivity contribution in [2.75, 3.05) is 17.7 Å². The lowest BCUT2D eigenvalue weighted by Gasteiger charge is -2.17. The van der Waals surface area contributed by atoms with E-state index < -0.39 is 0 Å². The second kappa shape index (κ2) is 12.2. The minimum Gasteiger partial charge on any atom is -0.495 e. The first-order chi connectivity index (χ1) is 16.3. The van der Waals surface area contributed by atoms with Crippen molar-refractivity contribution in [1.29, 1.82) is 0 Å². The summed E-state index contributed by atoms with van der Waals surface area (Å²) in [7, 11) is 1.54. The van der Waals surface area contributed by atoms with Crippen molar-refractivity contribution >= 4 is 58.2 Å². The third kappa shape index (κ3) is 7.16. The maximum absolute atomic E-state index is 13.0. The Morgan fingerprint density at radius 1 is 1.03 bits per heavy atom. The fourth-order valence-electron chi connectivity index (χ4n) is 3.27.